The molecule has 1 fully saturated rings. The number of furan rings is 1. The SMILES string of the molecule is Cc1oc2ncnc(NC3(C)CC3)c2c1C(=O)NCc1ccc[nH]1. The van der Waals surface area contributed by atoms with Crippen LogP contribution < -0.4 is 10.6 Å². The minimum atomic E-state index is -0.195. The first kappa shape index (κ1) is 14.7. The van der Waals surface area contributed by atoms with E-state index in [-0.39, 0.29) is 11.4 Å². The molecule has 3 heterocycles. The van der Waals surface area contributed by atoms with E-state index in [2.05, 4.69) is 32.5 Å². The Hall–Kier alpha value is -2.83. The Morgan fingerprint density at radius 1 is 1.42 bits per heavy atom. The number of amides is 1. The minimum absolute atomic E-state index is 0.0461. The molecule has 0 saturated heterocycles. The number of hydrogen-bond acceptors (Lipinski definition) is 5. The molecule has 0 spiro atoms. The average molecular weight is 325 g/mol. The Bertz CT molecular complexity index is 893. The summed E-state index contributed by atoms with van der Waals surface area (Å²) in [6.45, 7) is 4.33. The van der Waals surface area contributed by atoms with Crippen LogP contribution in [-0.2, 0) is 6.54 Å². The zero-order valence-electron chi connectivity index (χ0n) is 13.6. The number of nitrogens with one attached hydrogen (secondary N) is 3. The van der Waals surface area contributed by atoms with Crippen molar-refractivity contribution >= 4 is 22.8 Å². The smallest absolute Gasteiger partial charge is 0.255 e. The van der Waals surface area contributed by atoms with E-state index in [1.807, 2.05) is 18.3 Å². The van der Waals surface area contributed by atoms with E-state index in [1.54, 1.807) is 6.92 Å². The Labute approximate surface area is 138 Å². The maximum atomic E-state index is 12.7. The van der Waals surface area contributed by atoms with Crippen molar-refractivity contribution in [2.45, 2.75) is 38.8 Å². The third kappa shape index (κ3) is 2.62. The molecule has 0 bridgehead atoms. The van der Waals surface area contributed by atoms with Crippen molar-refractivity contribution in [1.82, 2.24) is 20.3 Å². The minimum Gasteiger partial charge on any atom is -0.442 e. The predicted octanol–water partition coefficient (Wildman–Crippen LogP) is 2.75. The van der Waals surface area contributed by atoms with Crippen LogP contribution in [0.1, 0.15) is 41.6 Å². The lowest BCUT2D eigenvalue weighted by molar-refractivity contribution is 0.0950. The van der Waals surface area contributed by atoms with Crippen molar-refractivity contribution in [1.29, 1.82) is 0 Å². The second-order valence-corrected chi connectivity index (χ2v) is 6.50. The zero-order valence-corrected chi connectivity index (χ0v) is 13.6. The van der Waals surface area contributed by atoms with Crippen LogP contribution in [0.3, 0.4) is 0 Å². The largest absolute Gasteiger partial charge is 0.442 e. The molecule has 0 aromatic carbocycles. The Morgan fingerprint density at radius 2 is 2.25 bits per heavy atom. The van der Waals surface area contributed by atoms with Gasteiger partial charge in [0.15, 0.2) is 0 Å². The van der Waals surface area contributed by atoms with E-state index in [0.717, 1.165) is 18.5 Å². The summed E-state index contributed by atoms with van der Waals surface area (Å²) in [5.41, 5.74) is 1.90. The molecule has 0 aliphatic heterocycles. The van der Waals surface area contributed by atoms with Crippen LogP contribution in [0.25, 0.3) is 11.1 Å². The van der Waals surface area contributed by atoms with Gasteiger partial charge in [-0.3, -0.25) is 4.79 Å². The number of fused-ring (bicyclic) bond motifs is 1. The quantitative estimate of drug-likeness (QED) is 0.670. The Kier molecular flexibility index (Phi) is 3.30. The topological polar surface area (TPSA) is 95.8 Å². The van der Waals surface area contributed by atoms with Crippen LogP contribution in [0.15, 0.2) is 29.1 Å². The Morgan fingerprint density at radius 3 is 2.96 bits per heavy atom. The Balaban J connectivity index is 1.68. The molecule has 1 saturated carbocycles. The van der Waals surface area contributed by atoms with Crippen molar-refractivity contribution in [2.75, 3.05) is 5.32 Å². The van der Waals surface area contributed by atoms with Crippen molar-refractivity contribution in [3.63, 3.8) is 0 Å². The number of rotatable bonds is 5. The lowest BCUT2D eigenvalue weighted by atomic mass is 10.1. The highest BCUT2D eigenvalue weighted by molar-refractivity contribution is 6.10. The summed E-state index contributed by atoms with van der Waals surface area (Å²) in [6, 6.07) is 3.82. The summed E-state index contributed by atoms with van der Waals surface area (Å²) >= 11 is 0. The van der Waals surface area contributed by atoms with Gasteiger partial charge in [-0.15, -0.1) is 0 Å². The number of anilines is 1. The van der Waals surface area contributed by atoms with E-state index in [0.29, 0.717) is 34.8 Å². The maximum Gasteiger partial charge on any atom is 0.255 e. The summed E-state index contributed by atoms with van der Waals surface area (Å²) in [5, 5.41) is 6.97. The van der Waals surface area contributed by atoms with E-state index >= 15 is 0 Å². The molecule has 3 aromatic rings. The van der Waals surface area contributed by atoms with E-state index in [9.17, 15) is 4.79 Å². The molecule has 3 N–H and O–H groups in total. The normalized spacial score (nSPS) is 15.4. The number of nitrogens with zero attached hydrogens (tertiary/aromatic N) is 2. The van der Waals surface area contributed by atoms with Gasteiger partial charge in [0, 0.05) is 17.4 Å². The summed E-state index contributed by atoms with van der Waals surface area (Å²) in [6.07, 6.45) is 5.46. The van der Waals surface area contributed by atoms with Crippen LogP contribution in [0, 0.1) is 6.92 Å². The summed E-state index contributed by atoms with van der Waals surface area (Å²) in [7, 11) is 0. The fraction of sp³-hybridized carbons (Fsp3) is 0.353. The first-order chi connectivity index (χ1) is 11.6. The van der Waals surface area contributed by atoms with Crippen molar-refractivity contribution in [3.05, 3.63) is 41.7 Å². The van der Waals surface area contributed by atoms with Gasteiger partial charge in [-0.2, -0.15) is 0 Å². The number of aromatic amines is 1. The summed E-state index contributed by atoms with van der Waals surface area (Å²) in [4.78, 5) is 24.3. The molecular formula is C17H19N5O2. The fourth-order valence-electron chi connectivity index (χ4n) is 2.75. The number of H-pyrrole nitrogens is 1. The zero-order chi connectivity index (χ0) is 16.7. The van der Waals surface area contributed by atoms with E-state index < -0.39 is 0 Å². The molecule has 0 unspecified atom stereocenters. The van der Waals surface area contributed by atoms with Crippen LogP contribution in [0.5, 0.6) is 0 Å². The summed E-state index contributed by atoms with van der Waals surface area (Å²) in [5.74, 6) is 1.00. The maximum absolute atomic E-state index is 12.7. The van der Waals surface area contributed by atoms with Crippen molar-refractivity contribution in [2.24, 2.45) is 0 Å². The predicted molar refractivity (Wildman–Crippen MR) is 89.8 cm³/mol. The molecule has 1 aliphatic rings. The highest BCUT2D eigenvalue weighted by Crippen LogP contribution is 2.40. The molecule has 4 rings (SSSR count). The number of aromatic nitrogens is 3. The van der Waals surface area contributed by atoms with Gasteiger partial charge in [-0.1, -0.05) is 0 Å². The van der Waals surface area contributed by atoms with Crippen LogP contribution in [0.2, 0.25) is 0 Å². The molecule has 7 heteroatoms. The van der Waals surface area contributed by atoms with Gasteiger partial charge in [-0.05, 0) is 38.8 Å². The van der Waals surface area contributed by atoms with Gasteiger partial charge < -0.3 is 20.0 Å². The number of carbonyl (C=O) groups excluding carboxylic acids is 1. The molecule has 24 heavy (non-hydrogen) atoms. The number of carbonyl (C=O) groups is 1. The molecule has 3 aromatic heterocycles. The lowest BCUT2D eigenvalue weighted by Crippen LogP contribution is -2.24. The van der Waals surface area contributed by atoms with Crippen molar-refractivity contribution in [3.8, 4) is 0 Å². The van der Waals surface area contributed by atoms with Gasteiger partial charge in [0.05, 0.1) is 17.5 Å². The first-order valence-electron chi connectivity index (χ1n) is 7.98. The molecular weight excluding hydrogens is 306 g/mol. The van der Waals surface area contributed by atoms with Crippen LogP contribution >= 0.6 is 0 Å². The molecule has 0 radical (unpaired) electrons. The molecule has 0 atom stereocenters. The average Bonchev–Trinajstić information content (AvgIpc) is 2.98. The fourth-order valence-corrected chi connectivity index (χ4v) is 2.75. The van der Waals surface area contributed by atoms with Gasteiger partial charge in [0.2, 0.25) is 5.71 Å². The van der Waals surface area contributed by atoms with E-state index in [4.69, 9.17) is 4.42 Å². The number of aryl methyl sites for hydroxylation is 1. The monoisotopic (exact) mass is 325 g/mol. The lowest BCUT2D eigenvalue weighted by Gasteiger charge is -2.13. The second kappa shape index (κ2) is 5.36. The molecule has 7 nitrogen and oxygen atoms in total. The highest BCUT2D eigenvalue weighted by atomic mass is 16.3. The van der Waals surface area contributed by atoms with Gasteiger partial charge in [0.1, 0.15) is 17.9 Å². The molecule has 1 amide bonds. The first-order valence-corrected chi connectivity index (χ1v) is 7.98. The molecule has 1 aliphatic carbocycles. The number of hydrogen-bond donors (Lipinski definition) is 3. The standard InChI is InChI=1S/C17H19N5O2/c1-10-12(15(23)19-8-11-4-3-7-18-11)13-14(22-17(2)5-6-17)20-9-21-16(13)24-10/h3-4,7,9,18H,5-6,8H2,1-2H3,(H,19,23)(H,20,21,22). The van der Waals surface area contributed by atoms with E-state index in [1.165, 1.54) is 6.33 Å². The van der Waals surface area contributed by atoms with Gasteiger partial charge in [-0.25, -0.2) is 9.97 Å². The third-order valence-corrected chi connectivity index (χ3v) is 4.41. The van der Waals surface area contributed by atoms with Gasteiger partial charge >= 0.3 is 0 Å². The van der Waals surface area contributed by atoms with Crippen LogP contribution in [0.4, 0.5) is 5.82 Å². The van der Waals surface area contributed by atoms with Gasteiger partial charge in [0.25, 0.3) is 5.91 Å². The summed E-state index contributed by atoms with van der Waals surface area (Å²) < 4.78 is 5.67. The highest BCUT2D eigenvalue weighted by Gasteiger charge is 2.38. The van der Waals surface area contributed by atoms with Crippen molar-refractivity contribution < 1.29 is 9.21 Å². The second-order valence-electron chi connectivity index (χ2n) is 6.50. The molecule has 124 valence electrons. The third-order valence-electron chi connectivity index (χ3n) is 4.41. The van der Waals surface area contributed by atoms with Crippen LogP contribution in [-0.4, -0.2) is 26.4 Å².